The minimum atomic E-state index is -4.33. The minimum absolute atomic E-state index is 0.0276. The number of benzene rings is 2. The molecule has 5 N–H and O–H groups in total. The van der Waals surface area contributed by atoms with E-state index in [1.54, 1.807) is 16.7 Å². The number of carbonyl (C=O) groups excluding carboxylic acids is 2. The second-order valence-corrected chi connectivity index (χ2v) is 17.2. The molecule has 2 saturated heterocycles. The lowest BCUT2D eigenvalue weighted by Crippen LogP contribution is -2.39. The largest absolute Gasteiger partial charge is 0.427 e. The highest BCUT2D eigenvalue weighted by Crippen LogP contribution is 2.64. The van der Waals surface area contributed by atoms with Gasteiger partial charge in [-0.3, -0.25) is 32.8 Å². The number of nitrogens with zero attached hydrogens (tertiary/aromatic N) is 5. The van der Waals surface area contributed by atoms with Crippen LogP contribution in [0.1, 0.15) is 41.7 Å². The number of ether oxygens (including phenoxy) is 5. The number of aromatic amines is 1. The van der Waals surface area contributed by atoms with Gasteiger partial charge < -0.3 is 39.6 Å². The van der Waals surface area contributed by atoms with Crippen LogP contribution in [0.25, 0.3) is 11.2 Å². The first-order valence-electron chi connectivity index (χ1n) is 17.9. The molecule has 5 heterocycles. The number of hydrogen-bond donors (Lipinski definition) is 4. The van der Waals surface area contributed by atoms with Crippen molar-refractivity contribution in [2.75, 3.05) is 26.1 Å². The van der Waals surface area contributed by atoms with Gasteiger partial charge in [-0.1, -0.05) is 12.1 Å². The molecule has 3 aromatic heterocycles. The first-order valence-corrected chi connectivity index (χ1v) is 21.0. The van der Waals surface area contributed by atoms with E-state index in [4.69, 9.17) is 38.5 Å². The van der Waals surface area contributed by atoms with E-state index in [-0.39, 0.29) is 35.1 Å². The summed E-state index contributed by atoms with van der Waals surface area (Å²) in [7, 11) is 1.31. The molecule has 2 aliphatic rings. The number of carbonyl (C=O) groups is 2. The van der Waals surface area contributed by atoms with Crippen LogP contribution < -0.4 is 26.5 Å². The Kier molecular flexibility index (Phi) is 12.7. The van der Waals surface area contributed by atoms with Crippen molar-refractivity contribution in [3.63, 3.8) is 0 Å². The Balaban J connectivity index is 1.08. The van der Waals surface area contributed by atoms with Crippen molar-refractivity contribution in [3.8, 4) is 11.5 Å². The summed E-state index contributed by atoms with van der Waals surface area (Å²) in [5, 5.41) is 21.3. The highest BCUT2D eigenvalue weighted by Gasteiger charge is 2.51. The number of fused-ring (bicyclic) bond motifs is 1. The summed E-state index contributed by atoms with van der Waals surface area (Å²) in [5.41, 5.74) is 6.04. The molecule has 312 valence electrons. The van der Waals surface area contributed by atoms with Crippen LogP contribution in [0.15, 0.2) is 83.0 Å². The number of aliphatic hydroxyl groups is 2. The summed E-state index contributed by atoms with van der Waals surface area (Å²) < 4.78 is 57.8. The van der Waals surface area contributed by atoms with Gasteiger partial charge in [0.15, 0.2) is 17.7 Å². The lowest BCUT2D eigenvalue weighted by Gasteiger charge is -2.28. The zero-order chi connectivity index (χ0) is 41.8. The van der Waals surface area contributed by atoms with Crippen molar-refractivity contribution in [2.45, 2.75) is 62.1 Å². The molecule has 7 rings (SSSR count). The predicted molar refractivity (Wildman–Crippen MR) is 206 cm³/mol. The molecular formula is C36H38N7O14PS. The van der Waals surface area contributed by atoms with Gasteiger partial charge in [0.25, 0.3) is 5.56 Å². The molecule has 23 heteroatoms. The quantitative estimate of drug-likeness (QED) is 0.0666. The number of methoxy groups -OCH3 is 1. The van der Waals surface area contributed by atoms with E-state index in [9.17, 15) is 34.0 Å². The topological polar surface area (TPSA) is 281 Å². The van der Waals surface area contributed by atoms with Gasteiger partial charge in [-0.05, 0) is 53.3 Å². The highest BCUT2D eigenvalue weighted by molar-refractivity contribution is 8.54. The van der Waals surface area contributed by atoms with Crippen LogP contribution in [-0.2, 0) is 38.4 Å². The fourth-order valence-corrected chi connectivity index (χ4v) is 9.80. The van der Waals surface area contributed by atoms with E-state index in [1.165, 1.54) is 69.3 Å². The maximum absolute atomic E-state index is 14.8. The molecule has 59 heavy (non-hydrogen) atoms. The summed E-state index contributed by atoms with van der Waals surface area (Å²) in [5.74, 6) is -0.471. The molecule has 0 bridgehead atoms. The molecule has 2 aromatic carbocycles. The van der Waals surface area contributed by atoms with Crippen molar-refractivity contribution >= 4 is 47.1 Å². The van der Waals surface area contributed by atoms with Crippen molar-refractivity contribution in [1.82, 2.24) is 29.1 Å². The molecular weight excluding hydrogens is 817 g/mol. The van der Waals surface area contributed by atoms with Gasteiger partial charge in [-0.25, -0.2) is 29.1 Å². The van der Waals surface area contributed by atoms with Crippen molar-refractivity contribution in [1.29, 1.82) is 0 Å². The Bertz CT molecular complexity index is 2470. The average molecular weight is 856 g/mol. The maximum atomic E-state index is 14.8. The third kappa shape index (κ3) is 9.46. The molecule has 2 aliphatic heterocycles. The van der Waals surface area contributed by atoms with E-state index < -0.39 is 86.2 Å². The van der Waals surface area contributed by atoms with Gasteiger partial charge in [-0.2, -0.15) is 0 Å². The van der Waals surface area contributed by atoms with Crippen LogP contribution in [0, 0.1) is 0 Å². The monoisotopic (exact) mass is 855 g/mol. The number of hydrogen-bond acceptors (Lipinski definition) is 19. The number of nitrogens with two attached hydrogens (primary N) is 1. The average Bonchev–Trinajstić information content (AvgIpc) is 3.92. The molecule has 8 atom stereocenters. The zero-order valence-corrected chi connectivity index (χ0v) is 33.0. The Morgan fingerprint density at radius 1 is 0.983 bits per heavy atom. The normalized spacial score (nSPS) is 23.9. The lowest BCUT2D eigenvalue weighted by molar-refractivity contribution is -0.131. The number of esters is 2. The second kappa shape index (κ2) is 17.9. The Hall–Kier alpha value is -5.29. The maximum Gasteiger partial charge on any atom is 0.389 e. The number of aliphatic hydroxyl groups excluding tert-OH is 2. The molecule has 0 aliphatic carbocycles. The summed E-state index contributed by atoms with van der Waals surface area (Å²) in [4.78, 5) is 63.0. The molecule has 0 saturated carbocycles. The van der Waals surface area contributed by atoms with Crippen LogP contribution in [0.2, 0.25) is 0 Å². The van der Waals surface area contributed by atoms with Crippen molar-refractivity contribution in [3.05, 3.63) is 105 Å². The number of nitrogen functional groups attached to an aromatic ring is 1. The van der Waals surface area contributed by atoms with E-state index in [2.05, 4.69) is 19.9 Å². The van der Waals surface area contributed by atoms with Gasteiger partial charge in [0.2, 0.25) is 0 Å². The number of aromatic nitrogens is 6. The number of nitrogens with one attached hydrogen (secondary N) is 1. The van der Waals surface area contributed by atoms with Gasteiger partial charge in [0, 0.05) is 38.5 Å². The summed E-state index contributed by atoms with van der Waals surface area (Å²) >= 11 is 0.775. The molecule has 2 fully saturated rings. The highest BCUT2D eigenvalue weighted by atomic mass is 32.7. The Morgan fingerprint density at radius 3 is 2.41 bits per heavy atom. The van der Waals surface area contributed by atoms with Crippen LogP contribution in [0.4, 0.5) is 5.82 Å². The van der Waals surface area contributed by atoms with Crippen LogP contribution in [-0.4, -0.2) is 102 Å². The van der Waals surface area contributed by atoms with E-state index in [0.29, 0.717) is 16.7 Å². The van der Waals surface area contributed by atoms with E-state index >= 15 is 0 Å². The molecule has 0 radical (unpaired) electrons. The summed E-state index contributed by atoms with van der Waals surface area (Å²) in [6, 6.07) is 13.3. The van der Waals surface area contributed by atoms with E-state index in [0.717, 1.165) is 22.0 Å². The van der Waals surface area contributed by atoms with Crippen molar-refractivity contribution < 1.29 is 57.1 Å². The fraction of sp³-hybridized carbons (Fsp3) is 0.361. The molecule has 21 nitrogen and oxygen atoms in total. The Labute approximate surface area is 337 Å². The van der Waals surface area contributed by atoms with Gasteiger partial charge >= 0.3 is 24.4 Å². The number of imidazole rings is 1. The third-order valence-electron chi connectivity index (χ3n) is 9.29. The standard InChI is InChI=1S/C36H38N7O14PS/c1-19(45)53-22-9-5-21(6-10-22)35(48)54-23-7-3-20(4-8-23)16-59-58(50,57-30-25(14-44)56-34(31(30)51-2)42-12-11-27(47)41-36(42)49)52-15-26-24(46)13-28(55-26)43-18-40-29-32(37)38-17-39-33(29)43/h3-12,17-18,24-26,28,30-31,34,44,46H,13-16H2,1-2H3,(H2,37,38,39)(H,41,47,49)/t24-,25?,26?,28-,30?,31+,34?,58?/m1/s1. The van der Waals surface area contributed by atoms with Gasteiger partial charge in [0.05, 0.1) is 31.2 Å². The summed E-state index contributed by atoms with van der Waals surface area (Å²) in [6.45, 7) is -4.12. The van der Waals surface area contributed by atoms with Crippen LogP contribution in [0.3, 0.4) is 0 Å². The van der Waals surface area contributed by atoms with Crippen molar-refractivity contribution in [2.24, 2.45) is 0 Å². The second-order valence-electron chi connectivity index (χ2n) is 13.2. The van der Waals surface area contributed by atoms with Gasteiger partial charge in [-0.15, -0.1) is 0 Å². The fourth-order valence-electron chi connectivity index (χ4n) is 6.41. The third-order valence-corrected chi connectivity index (χ3v) is 12.9. The van der Waals surface area contributed by atoms with Crippen LogP contribution >= 0.6 is 18.2 Å². The molecule has 0 amide bonds. The molecule has 5 unspecified atom stereocenters. The first kappa shape index (κ1) is 41.9. The van der Waals surface area contributed by atoms with E-state index in [1.807, 2.05) is 0 Å². The van der Waals surface area contributed by atoms with Crippen LogP contribution in [0.5, 0.6) is 11.5 Å². The first-order chi connectivity index (χ1) is 28.3. The van der Waals surface area contributed by atoms with Gasteiger partial charge in [0.1, 0.15) is 54.0 Å². The molecule has 0 spiro atoms. The zero-order valence-electron chi connectivity index (χ0n) is 31.3. The smallest absolute Gasteiger partial charge is 0.389 e. The number of H-pyrrole nitrogens is 1. The lowest BCUT2D eigenvalue weighted by atomic mass is 10.1. The Morgan fingerprint density at radius 2 is 1.71 bits per heavy atom. The number of rotatable bonds is 15. The summed E-state index contributed by atoms with van der Waals surface area (Å²) in [6.07, 6.45) is -3.59. The molecule has 5 aromatic rings. The predicted octanol–water partition coefficient (Wildman–Crippen LogP) is 2.10. The SMILES string of the molecule is CO[C@H]1C(OP(=O)(OCC2O[C@@H](n3cnc4c(N)ncnc43)C[C@H]2O)SCc2ccc(OC(=O)c3ccc(OC(C)=O)cc3)cc2)C(CO)OC1n1ccc(=O)[nH]c1=O. The number of anilines is 1. The minimum Gasteiger partial charge on any atom is -0.427 e.